The lowest BCUT2D eigenvalue weighted by Gasteiger charge is -1.87. The van der Waals surface area contributed by atoms with Crippen LogP contribution in [0.1, 0.15) is 10.6 Å². The second-order valence-electron chi connectivity index (χ2n) is 2.26. The Hall–Kier alpha value is -0.260. The van der Waals surface area contributed by atoms with Crippen molar-refractivity contribution >= 4 is 38.6 Å². The van der Waals surface area contributed by atoms with Crippen molar-refractivity contribution in [1.82, 2.24) is 10.2 Å². The van der Waals surface area contributed by atoms with Gasteiger partial charge in [0.15, 0.2) is 3.92 Å². The van der Waals surface area contributed by atoms with Gasteiger partial charge in [-0.25, -0.2) is 0 Å². The monoisotopic (exact) mass is 260 g/mol. The van der Waals surface area contributed by atoms with Crippen molar-refractivity contribution in [3.05, 3.63) is 31.3 Å². The van der Waals surface area contributed by atoms with E-state index in [0.717, 1.165) is 15.3 Å². The molecule has 0 saturated carbocycles. The molecule has 0 saturated heterocycles. The largest absolute Gasteiger partial charge is 0.183 e. The summed E-state index contributed by atoms with van der Waals surface area (Å²) in [6.45, 7) is 0. The molecule has 0 atom stereocenters. The zero-order valence-corrected chi connectivity index (χ0v) is 9.25. The highest BCUT2D eigenvalue weighted by Crippen LogP contribution is 2.19. The first-order valence-electron chi connectivity index (χ1n) is 3.33. The van der Waals surface area contributed by atoms with Gasteiger partial charge in [0.2, 0.25) is 0 Å². The highest BCUT2D eigenvalue weighted by molar-refractivity contribution is 9.11. The Balaban J connectivity index is 2.14. The molecule has 0 radical (unpaired) electrons. The average molecular weight is 261 g/mol. The number of hydrogen-bond acceptors (Lipinski definition) is 4. The number of thiophene rings is 1. The Morgan fingerprint density at radius 2 is 2.33 bits per heavy atom. The molecule has 2 nitrogen and oxygen atoms in total. The predicted octanol–water partition coefficient (Wildman–Crippen LogP) is 2.95. The van der Waals surface area contributed by atoms with Crippen LogP contribution in [0.25, 0.3) is 0 Å². The van der Waals surface area contributed by atoms with E-state index in [9.17, 15) is 0 Å². The van der Waals surface area contributed by atoms with Gasteiger partial charge in [-0.2, -0.15) is 11.3 Å². The third kappa shape index (κ3) is 1.91. The van der Waals surface area contributed by atoms with E-state index in [1.807, 2.05) is 0 Å². The van der Waals surface area contributed by atoms with E-state index < -0.39 is 0 Å². The van der Waals surface area contributed by atoms with Gasteiger partial charge in [0.1, 0.15) is 5.01 Å². The van der Waals surface area contributed by atoms with Crippen LogP contribution in [0.15, 0.2) is 20.7 Å². The first-order valence-corrected chi connectivity index (χ1v) is 5.89. The van der Waals surface area contributed by atoms with Crippen LogP contribution in [0.4, 0.5) is 0 Å². The van der Waals surface area contributed by atoms with Crippen molar-refractivity contribution in [3.63, 3.8) is 0 Å². The van der Waals surface area contributed by atoms with Crippen LogP contribution in [-0.2, 0) is 6.42 Å². The smallest absolute Gasteiger partial charge is 0.152 e. The van der Waals surface area contributed by atoms with Crippen molar-refractivity contribution in [2.45, 2.75) is 6.42 Å². The van der Waals surface area contributed by atoms with Gasteiger partial charge >= 0.3 is 0 Å². The van der Waals surface area contributed by atoms with Crippen LogP contribution in [0, 0.1) is 0 Å². The van der Waals surface area contributed by atoms with E-state index in [1.54, 1.807) is 22.7 Å². The standard InChI is InChI=1S/C7H5BrN2S2/c8-7-10-9-6(12-7)3-5-1-2-11-4-5/h1-2,4H,3H2. The Labute approximate surface area is 86.4 Å². The molecule has 0 aliphatic heterocycles. The maximum Gasteiger partial charge on any atom is 0.183 e. The third-order valence-electron chi connectivity index (χ3n) is 1.38. The van der Waals surface area contributed by atoms with E-state index in [-0.39, 0.29) is 0 Å². The number of hydrogen-bond donors (Lipinski definition) is 0. The van der Waals surface area contributed by atoms with Gasteiger partial charge in [-0.05, 0) is 38.3 Å². The van der Waals surface area contributed by atoms with Gasteiger partial charge in [-0.3, -0.25) is 0 Å². The summed E-state index contributed by atoms with van der Waals surface area (Å²) < 4.78 is 0.854. The molecule has 0 fully saturated rings. The van der Waals surface area contributed by atoms with E-state index in [2.05, 4.69) is 43.0 Å². The molecule has 2 rings (SSSR count). The number of aromatic nitrogens is 2. The SMILES string of the molecule is Brc1nnc(Cc2ccsc2)s1. The molecule has 0 unspecified atom stereocenters. The van der Waals surface area contributed by atoms with E-state index in [4.69, 9.17) is 0 Å². The molecule has 2 aromatic heterocycles. The Kier molecular flexibility index (Phi) is 2.53. The minimum atomic E-state index is 0.854. The van der Waals surface area contributed by atoms with E-state index in [0.29, 0.717) is 0 Å². The molecular weight excluding hydrogens is 256 g/mol. The lowest BCUT2D eigenvalue weighted by Crippen LogP contribution is -1.83. The van der Waals surface area contributed by atoms with Crippen LogP contribution in [0.5, 0.6) is 0 Å². The summed E-state index contributed by atoms with van der Waals surface area (Å²) in [7, 11) is 0. The molecular formula is C7H5BrN2S2. The normalized spacial score (nSPS) is 10.4. The Morgan fingerprint density at radius 3 is 2.92 bits per heavy atom. The average Bonchev–Trinajstić information content (AvgIpc) is 2.63. The molecule has 2 aromatic rings. The lowest BCUT2D eigenvalue weighted by molar-refractivity contribution is 0.995. The van der Waals surface area contributed by atoms with Crippen molar-refractivity contribution < 1.29 is 0 Å². The van der Waals surface area contributed by atoms with Gasteiger partial charge in [-0.15, -0.1) is 10.2 Å². The van der Waals surface area contributed by atoms with Crippen molar-refractivity contribution in [2.24, 2.45) is 0 Å². The second-order valence-corrected chi connectivity index (χ2v) is 5.38. The van der Waals surface area contributed by atoms with Gasteiger partial charge in [0.25, 0.3) is 0 Å². The maximum atomic E-state index is 4.02. The highest BCUT2D eigenvalue weighted by atomic mass is 79.9. The number of nitrogens with zero attached hydrogens (tertiary/aromatic N) is 2. The van der Waals surface area contributed by atoms with Gasteiger partial charge in [-0.1, -0.05) is 11.3 Å². The summed E-state index contributed by atoms with van der Waals surface area (Å²) in [5.41, 5.74) is 1.31. The fourth-order valence-electron chi connectivity index (χ4n) is 0.872. The van der Waals surface area contributed by atoms with Crippen LogP contribution in [-0.4, -0.2) is 10.2 Å². The molecule has 2 heterocycles. The molecule has 0 amide bonds. The van der Waals surface area contributed by atoms with Crippen molar-refractivity contribution in [2.75, 3.05) is 0 Å². The Bertz CT molecular complexity index is 355. The van der Waals surface area contributed by atoms with Gasteiger partial charge in [0.05, 0.1) is 0 Å². The Morgan fingerprint density at radius 1 is 1.42 bits per heavy atom. The zero-order chi connectivity index (χ0) is 8.39. The fourth-order valence-corrected chi connectivity index (χ4v) is 2.78. The van der Waals surface area contributed by atoms with Gasteiger partial charge in [0, 0.05) is 6.42 Å². The summed E-state index contributed by atoms with van der Waals surface area (Å²) in [5.74, 6) is 0. The second kappa shape index (κ2) is 3.64. The number of rotatable bonds is 2. The fraction of sp³-hybridized carbons (Fsp3) is 0.143. The lowest BCUT2D eigenvalue weighted by atomic mass is 10.3. The van der Waals surface area contributed by atoms with E-state index >= 15 is 0 Å². The maximum absolute atomic E-state index is 4.02. The third-order valence-corrected chi connectivity index (χ3v) is 3.47. The van der Waals surface area contributed by atoms with Crippen LogP contribution >= 0.6 is 38.6 Å². The molecule has 12 heavy (non-hydrogen) atoms. The molecule has 62 valence electrons. The molecule has 5 heteroatoms. The first kappa shape index (κ1) is 8.34. The molecule has 0 bridgehead atoms. The molecule has 0 N–H and O–H groups in total. The van der Waals surface area contributed by atoms with Crippen molar-refractivity contribution in [3.8, 4) is 0 Å². The highest BCUT2D eigenvalue weighted by Gasteiger charge is 2.02. The summed E-state index contributed by atoms with van der Waals surface area (Å²) in [5, 5.41) is 13.2. The quantitative estimate of drug-likeness (QED) is 0.830. The summed E-state index contributed by atoms with van der Waals surface area (Å²) in [6, 6.07) is 2.11. The number of halogens is 1. The van der Waals surface area contributed by atoms with Crippen LogP contribution < -0.4 is 0 Å². The predicted molar refractivity (Wildman–Crippen MR) is 54.7 cm³/mol. The minimum Gasteiger partial charge on any atom is -0.152 e. The molecule has 0 aliphatic carbocycles. The topological polar surface area (TPSA) is 25.8 Å². The summed E-state index contributed by atoms with van der Waals surface area (Å²) in [4.78, 5) is 0. The minimum absolute atomic E-state index is 0.854. The first-order chi connectivity index (χ1) is 5.84. The van der Waals surface area contributed by atoms with Crippen LogP contribution in [0.2, 0.25) is 0 Å². The molecule has 0 spiro atoms. The van der Waals surface area contributed by atoms with Gasteiger partial charge < -0.3 is 0 Å². The van der Waals surface area contributed by atoms with Crippen molar-refractivity contribution in [1.29, 1.82) is 0 Å². The molecule has 0 aromatic carbocycles. The van der Waals surface area contributed by atoms with Crippen LogP contribution in [0.3, 0.4) is 0 Å². The van der Waals surface area contributed by atoms with E-state index in [1.165, 1.54) is 5.56 Å². The summed E-state index contributed by atoms with van der Waals surface area (Å²) >= 11 is 6.58. The summed E-state index contributed by atoms with van der Waals surface area (Å²) in [6.07, 6.45) is 0.896. The zero-order valence-electron chi connectivity index (χ0n) is 6.03. The molecule has 0 aliphatic rings.